The van der Waals surface area contributed by atoms with Gasteiger partial charge in [0, 0.05) is 46.2 Å². The Labute approximate surface area is 212 Å². The van der Waals surface area contributed by atoms with Gasteiger partial charge in [0.25, 0.3) is 0 Å². The third kappa shape index (κ3) is 34.8. The van der Waals surface area contributed by atoms with Crippen molar-refractivity contribution in [1.82, 2.24) is 0 Å². The van der Waals surface area contributed by atoms with Crippen molar-refractivity contribution in [3.8, 4) is 0 Å². The second-order valence-corrected chi connectivity index (χ2v) is 8.08. The van der Waals surface area contributed by atoms with Gasteiger partial charge in [-0.3, -0.25) is 0 Å². The quantitative estimate of drug-likeness (QED) is 0.0762. The van der Waals surface area contributed by atoms with Crippen molar-refractivity contribution in [3.05, 3.63) is 14.2 Å². The Morgan fingerprint density at radius 1 is 0.556 bits per heavy atom. The maximum absolute atomic E-state index is 9.57. The van der Waals surface area contributed by atoms with Gasteiger partial charge in [-0.05, 0) is 32.6 Å². The van der Waals surface area contributed by atoms with Crippen LogP contribution in [0, 0.1) is 14.2 Å². The topological polar surface area (TPSA) is 136 Å². The second-order valence-electron chi connectivity index (χ2n) is 8.08. The standard InChI is InChI=1S/C19H39O6.C6H13O4.Rf/c1-3-23-17-19(21)11-15-25-13-9-7-5-4-6-8-12-24-14-10-18(20)16-22-2;1-9-4-6(8)5-10-3-2-7;/h18-21H,2-17H2,1H3;6-8H,1-5H2;/q2*-1;. The first kappa shape index (κ1) is 39.1. The van der Waals surface area contributed by atoms with E-state index in [0.29, 0.717) is 39.3 Å². The molecule has 3 atom stereocenters. The minimum Gasteiger partial charge on any atom is -0.553 e. The molecule has 0 aromatic rings. The average Bonchev–Trinajstić information content (AvgIpc) is 2.84. The van der Waals surface area contributed by atoms with E-state index in [1.165, 1.54) is 25.7 Å². The fraction of sp³-hybridized carbons (Fsp3) is 0.920. The predicted octanol–water partition coefficient (Wildman–Crippen LogP) is 1.87. The largest absolute Gasteiger partial charge is 0.553 e. The molecule has 216 valence electrons. The molecule has 4 N–H and O–H groups in total. The predicted molar refractivity (Wildman–Crippen MR) is 134 cm³/mol. The van der Waals surface area contributed by atoms with Crippen molar-refractivity contribution in [1.29, 1.82) is 0 Å². The zero-order valence-corrected chi connectivity index (χ0v) is 28.9. The van der Waals surface area contributed by atoms with Crippen molar-refractivity contribution < 1.29 is 48.8 Å². The number of aliphatic hydroxyl groups excluding tert-OH is 4. The molecule has 3 unspecified atom stereocenters. The number of hydrogen-bond acceptors (Lipinski definition) is 10. The molecule has 0 radical (unpaired) electrons. The van der Waals surface area contributed by atoms with Crippen molar-refractivity contribution in [2.45, 2.75) is 76.6 Å². The number of hydrogen-bond donors (Lipinski definition) is 4. The molecule has 0 bridgehead atoms. The van der Waals surface area contributed by atoms with Crippen LogP contribution in [0.4, 0.5) is 0 Å². The fourth-order valence-electron chi connectivity index (χ4n) is 2.78. The summed E-state index contributed by atoms with van der Waals surface area (Å²) in [6, 6.07) is 0. The molecular weight excluding hydrogens is 727 g/mol. The molecule has 0 aliphatic rings. The normalized spacial score (nSPS) is 13.4. The van der Waals surface area contributed by atoms with Crippen LogP contribution in [-0.4, -0.2) is 111 Å². The Bertz CT molecular complexity index is 383. The molecule has 0 aliphatic carbocycles. The molecule has 0 saturated heterocycles. The van der Waals surface area contributed by atoms with Crippen molar-refractivity contribution in [2.75, 3.05) is 72.7 Å². The molecule has 0 saturated carbocycles. The van der Waals surface area contributed by atoms with Gasteiger partial charge < -0.3 is 48.8 Å². The van der Waals surface area contributed by atoms with E-state index in [-0.39, 0.29) is 33.0 Å². The molecule has 0 aromatic carbocycles. The van der Waals surface area contributed by atoms with Gasteiger partial charge in [0.15, 0.2) is 0 Å². The van der Waals surface area contributed by atoms with Gasteiger partial charge in [-0.1, -0.05) is 25.7 Å². The van der Waals surface area contributed by atoms with E-state index in [9.17, 15) is 10.2 Å². The van der Waals surface area contributed by atoms with Crippen LogP contribution in [-0.2, 0) is 28.4 Å². The van der Waals surface area contributed by atoms with Crippen LogP contribution in [0.1, 0.15) is 58.3 Å². The van der Waals surface area contributed by atoms with Crippen LogP contribution in [0.2, 0.25) is 0 Å². The van der Waals surface area contributed by atoms with Crippen LogP contribution in [0.5, 0.6) is 0 Å². The summed E-state index contributed by atoms with van der Waals surface area (Å²) in [5.41, 5.74) is 0. The summed E-state index contributed by atoms with van der Waals surface area (Å²) in [5.74, 6) is 0. The van der Waals surface area contributed by atoms with Crippen molar-refractivity contribution >= 4 is 0 Å². The maximum Gasteiger partial charge on any atom is 0.0976 e. The second kappa shape index (κ2) is 33.6. The van der Waals surface area contributed by atoms with E-state index < -0.39 is 18.3 Å². The minimum atomic E-state index is -0.649. The van der Waals surface area contributed by atoms with Gasteiger partial charge in [-0.25, -0.2) is 14.2 Å². The average molecular weight is 780 g/mol. The summed E-state index contributed by atoms with van der Waals surface area (Å²) < 4.78 is 29.9. The van der Waals surface area contributed by atoms with Crippen LogP contribution in [0.3, 0.4) is 0 Å². The van der Waals surface area contributed by atoms with E-state index in [2.05, 4.69) is 23.7 Å². The molecule has 0 fully saturated rings. The van der Waals surface area contributed by atoms with E-state index >= 15 is 0 Å². The molecular formula is C25H52O10Rf-2. The monoisotopic (exact) mass is 779 g/mol. The molecule has 10 nitrogen and oxygen atoms in total. The number of aliphatic hydroxyl groups is 4. The van der Waals surface area contributed by atoms with Crippen LogP contribution < -0.4 is 0 Å². The summed E-state index contributed by atoms with van der Waals surface area (Å²) >= 11 is 0. The van der Waals surface area contributed by atoms with Crippen LogP contribution >= 0.6 is 0 Å². The van der Waals surface area contributed by atoms with Crippen LogP contribution in [0.15, 0.2) is 0 Å². The minimum absolute atomic E-state index is 0. The van der Waals surface area contributed by atoms with E-state index in [0.717, 1.165) is 26.1 Å². The number of ether oxygens (including phenoxy) is 6. The third-order valence-corrected chi connectivity index (χ3v) is 4.70. The Balaban J connectivity index is -0.000000834. The molecule has 0 aromatic heterocycles. The molecule has 11 heteroatoms. The SMILES string of the molecule is [CH2-]OCC(O)CCOCCCCCCCCOCCC(O)COCC.[CH2-]OCC(O)COCCO.[Rf]. The Morgan fingerprint density at radius 2 is 1.00 bits per heavy atom. The van der Waals surface area contributed by atoms with E-state index in [4.69, 9.17) is 29.2 Å². The van der Waals surface area contributed by atoms with E-state index in [1.807, 2.05) is 6.92 Å². The first-order valence-electron chi connectivity index (χ1n) is 12.7. The van der Waals surface area contributed by atoms with Crippen molar-refractivity contribution in [3.63, 3.8) is 0 Å². The zero-order valence-electron chi connectivity index (χ0n) is 22.5. The Hall–Kier alpha value is -1.40. The van der Waals surface area contributed by atoms with Crippen LogP contribution in [0.25, 0.3) is 0 Å². The fourth-order valence-corrected chi connectivity index (χ4v) is 2.78. The smallest absolute Gasteiger partial charge is 0.0976 e. The van der Waals surface area contributed by atoms with Gasteiger partial charge in [0.05, 0.1) is 44.7 Å². The third-order valence-electron chi connectivity index (χ3n) is 4.70. The summed E-state index contributed by atoms with van der Waals surface area (Å²) in [7, 11) is 6.32. The number of rotatable bonds is 26. The zero-order chi connectivity index (χ0) is 26.4. The van der Waals surface area contributed by atoms with Crippen molar-refractivity contribution in [2.24, 2.45) is 0 Å². The van der Waals surface area contributed by atoms with Gasteiger partial charge in [-0.2, -0.15) is 0 Å². The Kier molecular flexibility index (Phi) is 36.5. The molecule has 0 amide bonds. The molecule has 36 heavy (non-hydrogen) atoms. The summed E-state index contributed by atoms with van der Waals surface area (Å²) in [4.78, 5) is 0. The van der Waals surface area contributed by atoms with Gasteiger partial charge in [0.1, 0.15) is 0 Å². The summed E-state index contributed by atoms with van der Waals surface area (Å²) in [5, 5.41) is 36.2. The summed E-state index contributed by atoms with van der Waals surface area (Å²) in [6.45, 7) is 6.46. The first-order valence-corrected chi connectivity index (χ1v) is 12.7. The first-order chi connectivity index (χ1) is 17.0. The molecule has 0 spiro atoms. The number of unbranched alkanes of at least 4 members (excludes halogenated alkanes) is 5. The van der Waals surface area contributed by atoms with Gasteiger partial charge in [-0.15, -0.1) is 0 Å². The molecule has 0 rings (SSSR count). The van der Waals surface area contributed by atoms with E-state index in [1.54, 1.807) is 0 Å². The van der Waals surface area contributed by atoms with Gasteiger partial charge in [0.2, 0.25) is 0 Å². The maximum atomic E-state index is 9.57. The molecule has 0 heterocycles. The molecule has 0 aliphatic heterocycles. The summed E-state index contributed by atoms with van der Waals surface area (Å²) in [6.07, 6.45) is 6.62. The van der Waals surface area contributed by atoms with Gasteiger partial charge >= 0.3 is 0 Å². The Morgan fingerprint density at radius 3 is 1.47 bits per heavy atom.